The van der Waals surface area contributed by atoms with Crippen molar-refractivity contribution in [1.82, 2.24) is 4.40 Å². The molecule has 0 spiro atoms. The average Bonchev–Trinajstić information content (AvgIpc) is 3.41. The molecule has 4 aromatic rings. The van der Waals surface area contributed by atoms with E-state index in [1.807, 2.05) is 6.92 Å². The molecular weight excluding hydrogens is 652 g/mol. The minimum absolute atomic E-state index is 0.172. The van der Waals surface area contributed by atoms with Crippen LogP contribution in [0.2, 0.25) is 0 Å². The summed E-state index contributed by atoms with van der Waals surface area (Å²) in [6, 6.07) is 8.50. The molecule has 0 saturated carbocycles. The molecule has 0 radical (unpaired) electrons. The van der Waals surface area contributed by atoms with Crippen LogP contribution in [0.4, 0.5) is 29.1 Å². The second kappa shape index (κ2) is 11.7. The lowest BCUT2D eigenvalue weighted by Gasteiger charge is -2.38. The lowest BCUT2D eigenvalue weighted by atomic mass is 9.88. The van der Waals surface area contributed by atoms with Crippen molar-refractivity contribution >= 4 is 43.9 Å². The second-order valence-corrected chi connectivity index (χ2v) is 13.9. The van der Waals surface area contributed by atoms with E-state index in [1.165, 1.54) is 36.1 Å². The van der Waals surface area contributed by atoms with Crippen molar-refractivity contribution in [1.29, 1.82) is 0 Å². The summed E-state index contributed by atoms with van der Waals surface area (Å²) in [5.74, 6) is 0.919. The molecule has 2 aromatic heterocycles. The molecule has 2 N–H and O–H groups in total. The number of nitrogens with two attached hydrogens (primary N) is 1. The number of nitrogen functional groups attached to an aromatic ring is 1. The van der Waals surface area contributed by atoms with Crippen molar-refractivity contribution in [2.24, 2.45) is 0 Å². The van der Waals surface area contributed by atoms with Crippen LogP contribution in [0, 0.1) is 12.7 Å². The molecule has 5 heterocycles. The zero-order chi connectivity index (χ0) is 33.1. The third-order valence-electron chi connectivity index (χ3n) is 8.47. The quantitative estimate of drug-likeness (QED) is 0.106. The first kappa shape index (κ1) is 32.1. The van der Waals surface area contributed by atoms with Gasteiger partial charge in [0.2, 0.25) is 11.5 Å². The van der Waals surface area contributed by atoms with E-state index in [1.54, 1.807) is 23.5 Å². The van der Waals surface area contributed by atoms with E-state index in [-0.39, 0.29) is 24.2 Å². The van der Waals surface area contributed by atoms with Crippen LogP contribution in [0.25, 0.3) is 27.5 Å². The zero-order valence-corrected chi connectivity index (χ0v) is 26.5. The van der Waals surface area contributed by atoms with E-state index in [4.69, 9.17) is 28.2 Å². The summed E-state index contributed by atoms with van der Waals surface area (Å²) in [7, 11) is -4.68. The van der Waals surface area contributed by atoms with Crippen molar-refractivity contribution in [3.8, 4) is 28.3 Å². The van der Waals surface area contributed by atoms with Crippen LogP contribution < -0.4 is 19.9 Å². The maximum Gasteiger partial charge on any atom is 0.485 e. The molecule has 0 aliphatic carbocycles. The topological polar surface area (TPSA) is 130 Å². The largest absolute Gasteiger partial charge is 0.741 e. The van der Waals surface area contributed by atoms with Gasteiger partial charge in [0, 0.05) is 29.9 Å². The van der Waals surface area contributed by atoms with Gasteiger partial charge in [-0.3, -0.25) is 4.79 Å². The van der Waals surface area contributed by atoms with E-state index in [2.05, 4.69) is 19.9 Å². The first-order chi connectivity index (χ1) is 21.7. The fraction of sp³-hybridized carbons (Fsp3) is 0.400. The summed E-state index contributed by atoms with van der Waals surface area (Å²) in [4.78, 5) is 17.0. The van der Waals surface area contributed by atoms with Crippen molar-refractivity contribution in [2.45, 2.75) is 50.6 Å². The third kappa shape index (κ3) is 5.45. The normalized spacial score (nSPS) is 17.2. The van der Waals surface area contributed by atoms with E-state index >= 15 is 0 Å². The molecule has 10 nitrogen and oxygen atoms in total. The number of rotatable bonds is 3. The number of nitrogens with zero attached hydrogens (tertiary/aromatic N) is 3. The Balaban J connectivity index is 0.000000414. The molecule has 0 saturated heterocycles. The number of benzene rings is 2. The Morgan fingerprint density at radius 2 is 1.85 bits per heavy atom. The van der Waals surface area contributed by atoms with Crippen LogP contribution >= 0.6 is 11.3 Å². The molecule has 46 heavy (non-hydrogen) atoms. The molecule has 7 rings (SSSR count). The number of anilines is 2. The summed E-state index contributed by atoms with van der Waals surface area (Å²) in [5.41, 5.74) is 9.05. The number of thiazole rings is 1. The number of aryl methyl sites for hydroxylation is 2. The SMILES string of the molecule is COC(=O)CC1COc2c(cc3c4c2CCCN4CCC3)-c2c(N)n3c(-c4ccc(F)cc4)c(C)sc3[n+]21.O=S(=O)([O-])C(F)(F)F. The highest BCUT2D eigenvalue weighted by Gasteiger charge is 2.42. The molecule has 3 aliphatic rings. The minimum Gasteiger partial charge on any atom is -0.741 e. The summed E-state index contributed by atoms with van der Waals surface area (Å²) in [5, 5.41) is 0. The van der Waals surface area contributed by atoms with Gasteiger partial charge in [-0.1, -0.05) is 11.3 Å². The predicted molar refractivity (Wildman–Crippen MR) is 161 cm³/mol. The highest BCUT2D eigenvalue weighted by atomic mass is 32.2. The first-order valence-electron chi connectivity index (χ1n) is 14.5. The smallest absolute Gasteiger partial charge is 0.485 e. The highest BCUT2D eigenvalue weighted by Crippen LogP contribution is 2.49. The van der Waals surface area contributed by atoms with E-state index in [0.717, 1.165) is 76.9 Å². The van der Waals surface area contributed by atoms with Crippen molar-refractivity contribution in [3.63, 3.8) is 0 Å². The number of hydrogen-bond acceptors (Lipinski definition) is 9. The van der Waals surface area contributed by atoms with Gasteiger partial charge in [-0.25, -0.2) is 17.4 Å². The summed E-state index contributed by atoms with van der Waals surface area (Å²) in [6.07, 6.45) is 4.38. The van der Waals surface area contributed by atoms with Gasteiger partial charge in [0.05, 0.1) is 24.0 Å². The molecule has 0 fully saturated rings. The molecule has 3 aliphatic heterocycles. The van der Waals surface area contributed by atoms with Gasteiger partial charge >= 0.3 is 16.4 Å². The Morgan fingerprint density at radius 1 is 1.20 bits per heavy atom. The molecule has 0 bridgehead atoms. The van der Waals surface area contributed by atoms with E-state index in [9.17, 15) is 22.4 Å². The van der Waals surface area contributed by atoms with Crippen LogP contribution in [-0.2, 0) is 32.5 Å². The Bertz CT molecular complexity index is 1950. The first-order valence-corrected chi connectivity index (χ1v) is 16.7. The van der Waals surface area contributed by atoms with Gasteiger partial charge in [-0.15, -0.1) is 0 Å². The standard InChI is InChI=1S/C29H30FN4O3S.CHF3O3S/c1-16-24(17-7-9-19(30)10-8-17)34-28(31)26-22-13-18-5-3-11-32-12-4-6-21(25(18)32)27(22)37-15-20(14-23(35)36-2)33(26)29(34)38-16;2-1(3,4)8(5,6)7/h7-10,13,20H,3-6,11-12,14-15,31H2,1-2H3;(H,5,6,7)/q+1;/p-1. The van der Waals surface area contributed by atoms with E-state index < -0.39 is 15.6 Å². The van der Waals surface area contributed by atoms with Gasteiger partial charge in [-0.2, -0.15) is 17.6 Å². The number of halogens is 4. The molecule has 2 aromatic carbocycles. The third-order valence-corrected chi connectivity index (χ3v) is 10.1. The van der Waals surface area contributed by atoms with Crippen LogP contribution in [0.15, 0.2) is 30.3 Å². The van der Waals surface area contributed by atoms with Crippen LogP contribution in [0.1, 0.15) is 41.3 Å². The molecule has 1 unspecified atom stereocenters. The number of carbonyl (C=O) groups is 1. The number of carbonyl (C=O) groups excluding carboxylic acids is 1. The lowest BCUT2D eigenvalue weighted by Crippen LogP contribution is -2.43. The molecule has 16 heteroatoms. The Morgan fingerprint density at radius 3 is 2.48 bits per heavy atom. The summed E-state index contributed by atoms with van der Waals surface area (Å²) >= 11 is 1.62. The monoisotopic (exact) mass is 682 g/mol. The number of hydrogen-bond donors (Lipinski definition) is 1. The van der Waals surface area contributed by atoms with Crippen molar-refractivity contribution in [2.75, 3.05) is 37.4 Å². The Hall–Kier alpha value is -3.89. The van der Waals surface area contributed by atoms with Crippen LogP contribution in [-0.4, -0.2) is 55.7 Å². The molecule has 0 amide bonds. The summed E-state index contributed by atoms with van der Waals surface area (Å²) in [6.45, 7) is 4.55. The number of imidazole rings is 1. The average molecular weight is 683 g/mol. The maximum absolute atomic E-state index is 13.8. The fourth-order valence-corrected chi connectivity index (χ4v) is 7.79. The predicted octanol–water partition coefficient (Wildman–Crippen LogP) is 4.90. The van der Waals surface area contributed by atoms with Gasteiger partial charge in [-0.05, 0) is 68.5 Å². The lowest BCUT2D eigenvalue weighted by molar-refractivity contribution is -0.684. The van der Waals surface area contributed by atoms with Gasteiger partial charge in [0.1, 0.15) is 24.2 Å². The Labute approximate surface area is 265 Å². The number of alkyl halides is 3. The molecule has 246 valence electrons. The minimum atomic E-state index is -6.09. The highest BCUT2D eigenvalue weighted by molar-refractivity contribution is 7.86. The van der Waals surface area contributed by atoms with Crippen molar-refractivity contribution in [3.05, 3.63) is 52.2 Å². The number of esters is 1. The fourth-order valence-electron chi connectivity index (χ4n) is 6.59. The van der Waals surface area contributed by atoms with E-state index in [0.29, 0.717) is 12.4 Å². The second-order valence-electron chi connectivity index (χ2n) is 11.3. The number of fused-ring (bicyclic) bond motifs is 6. The zero-order valence-electron chi connectivity index (χ0n) is 24.8. The molecular formula is C30H30F4N4O6S2. The number of methoxy groups -OCH3 is 1. The summed E-state index contributed by atoms with van der Waals surface area (Å²) < 4.78 is 88.6. The Kier molecular flexibility index (Phi) is 8.17. The maximum atomic E-state index is 13.8. The van der Waals surface area contributed by atoms with Gasteiger partial charge in [0.15, 0.2) is 15.8 Å². The van der Waals surface area contributed by atoms with Gasteiger partial charge in [0.25, 0.3) is 0 Å². The van der Waals surface area contributed by atoms with Crippen molar-refractivity contribution < 1.29 is 49.4 Å². The number of aromatic nitrogens is 2. The number of ether oxygens (including phenoxy) is 2. The van der Waals surface area contributed by atoms with Crippen LogP contribution in [0.5, 0.6) is 5.75 Å². The van der Waals surface area contributed by atoms with Crippen LogP contribution in [0.3, 0.4) is 0 Å². The molecule has 1 atom stereocenters. The van der Waals surface area contributed by atoms with Gasteiger partial charge < -0.3 is 24.7 Å².